The Balaban J connectivity index is 2.04. The van der Waals surface area contributed by atoms with Crippen molar-refractivity contribution in [3.05, 3.63) is 35.9 Å². The summed E-state index contributed by atoms with van der Waals surface area (Å²) in [6.07, 6.45) is 0. The van der Waals surface area contributed by atoms with Gasteiger partial charge >= 0.3 is 0 Å². The molecule has 1 aromatic heterocycles. The number of H-pyrrole nitrogens is 1. The first-order valence-corrected chi connectivity index (χ1v) is 7.08. The summed E-state index contributed by atoms with van der Waals surface area (Å²) in [7, 11) is 0. The zero-order chi connectivity index (χ0) is 13.7. The van der Waals surface area contributed by atoms with E-state index in [-0.39, 0.29) is 0 Å². The molecule has 0 spiro atoms. The third kappa shape index (κ3) is 1.59. The Kier molecular flexibility index (Phi) is 2.43. The SMILES string of the molecule is CC(C)c1ccc2[nH]c3c4c(ccc3c2c1)OCCO4. The number of benzene rings is 2. The van der Waals surface area contributed by atoms with Crippen LogP contribution in [0.2, 0.25) is 0 Å². The Hall–Kier alpha value is -2.16. The first-order valence-electron chi connectivity index (χ1n) is 7.08. The van der Waals surface area contributed by atoms with E-state index in [9.17, 15) is 0 Å². The lowest BCUT2D eigenvalue weighted by Crippen LogP contribution is -2.15. The molecule has 2 aromatic carbocycles. The second kappa shape index (κ2) is 4.17. The third-order valence-electron chi connectivity index (χ3n) is 3.97. The van der Waals surface area contributed by atoms with Gasteiger partial charge in [-0.1, -0.05) is 19.9 Å². The van der Waals surface area contributed by atoms with Crippen molar-refractivity contribution >= 4 is 21.8 Å². The van der Waals surface area contributed by atoms with Crippen molar-refractivity contribution in [3.63, 3.8) is 0 Å². The van der Waals surface area contributed by atoms with Crippen LogP contribution in [0.3, 0.4) is 0 Å². The molecule has 1 aliphatic rings. The van der Waals surface area contributed by atoms with Gasteiger partial charge < -0.3 is 14.5 Å². The molecule has 3 aromatic rings. The van der Waals surface area contributed by atoms with Gasteiger partial charge in [0.25, 0.3) is 0 Å². The summed E-state index contributed by atoms with van der Waals surface area (Å²) in [5.41, 5.74) is 3.54. The second-order valence-electron chi connectivity index (χ2n) is 5.60. The van der Waals surface area contributed by atoms with Gasteiger partial charge in [0, 0.05) is 16.3 Å². The van der Waals surface area contributed by atoms with Crippen molar-refractivity contribution in [1.82, 2.24) is 4.98 Å². The number of nitrogens with one attached hydrogen (secondary N) is 1. The molecule has 1 aliphatic heterocycles. The fraction of sp³-hybridized carbons (Fsp3) is 0.294. The normalized spacial score (nSPS) is 14.3. The summed E-state index contributed by atoms with van der Waals surface area (Å²) in [5.74, 6) is 2.21. The van der Waals surface area contributed by atoms with Crippen LogP contribution in [-0.4, -0.2) is 18.2 Å². The van der Waals surface area contributed by atoms with Crippen LogP contribution < -0.4 is 9.47 Å². The minimum absolute atomic E-state index is 0.529. The van der Waals surface area contributed by atoms with Gasteiger partial charge in [0.05, 0.1) is 5.52 Å². The number of fused-ring (bicyclic) bond motifs is 5. The van der Waals surface area contributed by atoms with Crippen molar-refractivity contribution in [2.75, 3.05) is 13.2 Å². The van der Waals surface area contributed by atoms with E-state index in [0.29, 0.717) is 19.1 Å². The van der Waals surface area contributed by atoms with Crippen molar-refractivity contribution in [2.24, 2.45) is 0 Å². The molecule has 0 saturated carbocycles. The highest BCUT2D eigenvalue weighted by Gasteiger charge is 2.18. The van der Waals surface area contributed by atoms with Gasteiger partial charge in [-0.15, -0.1) is 0 Å². The number of ether oxygens (including phenoxy) is 2. The Morgan fingerprint density at radius 1 is 1.00 bits per heavy atom. The average molecular weight is 267 g/mol. The van der Waals surface area contributed by atoms with Crippen LogP contribution >= 0.6 is 0 Å². The number of hydrogen-bond donors (Lipinski definition) is 1. The predicted molar refractivity (Wildman–Crippen MR) is 80.9 cm³/mol. The molecule has 102 valence electrons. The Morgan fingerprint density at radius 3 is 2.70 bits per heavy atom. The van der Waals surface area contributed by atoms with Crippen LogP contribution in [0.1, 0.15) is 25.3 Å². The molecule has 3 heteroatoms. The maximum atomic E-state index is 5.79. The van der Waals surface area contributed by atoms with Crippen molar-refractivity contribution in [2.45, 2.75) is 19.8 Å². The Morgan fingerprint density at radius 2 is 1.85 bits per heavy atom. The summed E-state index contributed by atoms with van der Waals surface area (Å²) in [6.45, 7) is 5.67. The molecule has 0 saturated heterocycles. The topological polar surface area (TPSA) is 34.2 Å². The number of aromatic amines is 1. The van der Waals surface area contributed by atoms with E-state index >= 15 is 0 Å². The van der Waals surface area contributed by atoms with E-state index in [1.807, 2.05) is 6.07 Å². The van der Waals surface area contributed by atoms with Crippen molar-refractivity contribution in [3.8, 4) is 11.5 Å². The molecule has 0 atom stereocenters. The molecule has 0 amide bonds. The summed E-state index contributed by atoms with van der Waals surface area (Å²) in [6, 6.07) is 10.7. The minimum Gasteiger partial charge on any atom is -0.486 e. The number of rotatable bonds is 1. The van der Waals surface area contributed by atoms with Crippen LogP contribution in [0, 0.1) is 0 Å². The maximum Gasteiger partial charge on any atom is 0.185 e. The maximum absolute atomic E-state index is 5.79. The average Bonchev–Trinajstić information content (AvgIpc) is 2.85. The first-order chi connectivity index (χ1) is 9.74. The molecule has 4 rings (SSSR count). The van der Waals surface area contributed by atoms with Crippen LogP contribution in [0.4, 0.5) is 0 Å². The van der Waals surface area contributed by atoms with Crippen LogP contribution in [-0.2, 0) is 0 Å². The molecular weight excluding hydrogens is 250 g/mol. The lowest BCUT2D eigenvalue weighted by Gasteiger charge is -2.18. The van der Waals surface area contributed by atoms with Crippen LogP contribution in [0.25, 0.3) is 21.8 Å². The lowest BCUT2D eigenvalue weighted by molar-refractivity contribution is 0.173. The molecule has 2 heterocycles. The zero-order valence-electron chi connectivity index (χ0n) is 11.7. The Labute approximate surface area is 117 Å². The molecule has 3 nitrogen and oxygen atoms in total. The molecule has 20 heavy (non-hydrogen) atoms. The number of hydrogen-bond acceptors (Lipinski definition) is 2. The first kappa shape index (κ1) is 11.6. The van der Waals surface area contributed by atoms with Gasteiger partial charge in [-0.2, -0.15) is 0 Å². The lowest BCUT2D eigenvalue weighted by atomic mass is 10.0. The molecule has 0 bridgehead atoms. The van der Waals surface area contributed by atoms with E-state index in [1.54, 1.807) is 0 Å². The van der Waals surface area contributed by atoms with Gasteiger partial charge in [-0.05, 0) is 35.7 Å². The quantitative estimate of drug-likeness (QED) is 0.716. The van der Waals surface area contributed by atoms with Gasteiger partial charge in [0.15, 0.2) is 11.5 Å². The largest absolute Gasteiger partial charge is 0.486 e. The molecular formula is C17H17NO2. The monoisotopic (exact) mass is 267 g/mol. The number of aromatic nitrogens is 1. The standard InChI is InChI=1S/C17H17NO2/c1-10(2)11-3-5-14-13(9-11)12-4-6-15-17(16(12)18-14)20-8-7-19-15/h3-6,9-10,18H,7-8H2,1-2H3. The van der Waals surface area contributed by atoms with Crippen LogP contribution in [0.15, 0.2) is 30.3 Å². The van der Waals surface area contributed by atoms with Gasteiger partial charge in [-0.3, -0.25) is 0 Å². The van der Waals surface area contributed by atoms with Gasteiger partial charge in [0.1, 0.15) is 13.2 Å². The van der Waals surface area contributed by atoms with Gasteiger partial charge in [0.2, 0.25) is 0 Å². The highest BCUT2D eigenvalue weighted by Crippen LogP contribution is 2.40. The molecule has 0 aliphatic carbocycles. The molecule has 1 N–H and O–H groups in total. The van der Waals surface area contributed by atoms with Crippen LogP contribution in [0.5, 0.6) is 11.5 Å². The van der Waals surface area contributed by atoms with E-state index in [4.69, 9.17) is 9.47 Å². The summed E-state index contributed by atoms with van der Waals surface area (Å²) in [5, 5.41) is 2.45. The third-order valence-corrected chi connectivity index (χ3v) is 3.97. The second-order valence-corrected chi connectivity index (χ2v) is 5.60. The fourth-order valence-electron chi connectivity index (χ4n) is 2.85. The van der Waals surface area contributed by atoms with Crippen molar-refractivity contribution in [1.29, 1.82) is 0 Å². The predicted octanol–water partition coefficient (Wildman–Crippen LogP) is 4.22. The smallest absolute Gasteiger partial charge is 0.185 e. The highest BCUT2D eigenvalue weighted by atomic mass is 16.6. The minimum atomic E-state index is 0.529. The van der Waals surface area contributed by atoms with E-state index < -0.39 is 0 Å². The summed E-state index contributed by atoms with van der Waals surface area (Å²) < 4.78 is 11.4. The highest BCUT2D eigenvalue weighted by molar-refractivity contribution is 6.10. The fourth-order valence-corrected chi connectivity index (χ4v) is 2.85. The Bertz CT molecular complexity index is 801. The zero-order valence-corrected chi connectivity index (χ0v) is 11.7. The summed E-state index contributed by atoms with van der Waals surface area (Å²) >= 11 is 0. The van der Waals surface area contributed by atoms with Gasteiger partial charge in [-0.25, -0.2) is 0 Å². The molecule has 0 radical (unpaired) electrons. The van der Waals surface area contributed by atoms with E-state index in [2.05, 4.69) is 43.1 Å². The van der Waals surface area contributed by atoms with E-state index in [1.165, 1.54) is 16.3 Å². The van der Waals surface area contributed by atoms with Crippen molar-refractivity contribution < 1.29 is 9.47 Å². The molecule has 0 fully saturated rings. The molecule has 0 unspecified atom stereocenters. The van der Waals surface area contributed by atoms with E-state index in [0.717, 1.165) is 22.5 Å². The summed E-state index contributed by atoms with van der Waals surface area (Å²) in [4.78, 5) is 3.47.